The van der Waals surface area contributed by atoms with Crippen LogP contribution in [-0.2, 0) is 0 Å². The summed E-state index contributed by atoms with van der Waals surface area (Å²) >= 11 is 0. The van der Waals surface area contributed by atoms with E-state index in [1.165, 1.54) is 0 Å². The lowest BCUT2D eigenvalue weighted by atomic mass is 9.88. The van der Waals surface area contributed by atoms with Crippen LogP contribution in [0.5, 0.6) is 0 Å². The molecule has 7 nitrogen and oxygen atoms in total. The van der Waals surface area contributed by atoms with Crippen molar-refractivity contribution in [3.63, 3.8) is 0 Å². The van der Waals surface area contributed by atoms with Gasteiger partial charge in [0.2, 0.25) is 0 Å². The standard InChI is InChI=1S/C22H24F2N6O/c23-22(24)10-16(11-22)28-21(31)14-6-8-30-18(13-26-20(30)9-14)17-4-1-5-19(29-17)27-15-3-2-7-25-12-15/h1,4-6,8-9,13,15-16,25H,2-3,7,10-12H2,(H,27,29)(H,28,31). The number of nitrogens with zero attached hydrogens (tertiary/aromatic N) is 3. The molecule has 1 amide bonds. The van der Waals surface area contributed by atoms with E-state index in [4.69, 9.17) is 4.98 Å². The molecule has 1 saturated heterocycles. The monoisotopic (exact) mass is 426 g/mol. The van der Waals surface area contributed by atoms with Gasteiger partial charge in [0, 0.05) is 43.2 Å². The topological polar surface area (TPSA) is 83.4 Å². The van der Waals surface area contributed by atoms with Crippen LogP contribution in [0, 0.1) is 0 Å². The number of carbonyl (C=O) groups excluding carboxylic acids is 1. The number of alkyl halides is 2. The van der Waals surface area contributed by atoms with E-state index >= 15 is 0 Å². The number of anilines is 1. The minimum atomic E-state index is -2.66. The first kappa shape index (κ1) is 19.9. The number of rotatable bonds is 5. The summed E-state index contributed by atoms with van der Waals surface area (Å²) in [5.74, 6) is -2.21. The average molecular weight is 426 g/mol. The van der Waals surface area contributed by atoms with Crippen molar-refractivity contribution in [1.82, 2.24) is 25.0 Å². The number of pyridine rings is 2. The third-order valence-corrected chi connectivity index (χ3v) is 5.86. The highest BCUT2D eigenvalue weighted by atomic mass is 19.3. The maximum atomic E-state index is 13.0. The van der Waals surface area contributed by atoms with E-state index in [0.717, 1.165) is 43.1 Å². The van der Waals surface area contributed by atoms with Crippen molar-refractivity contribution in [2.45, 2.75) is 43.7 Å². The van der Waals surface area contributed by atoms with Gasteiger partial charge in [-0.2, -0.15) is 0 Å². The molecule has 2 aliphatic rings. The fourth-order valence-corrected chi connectivity index (χ4v) is 4.19. The molecule has 0 bridgehead atoms. The second-order valence-electron chi connectivity index (χ2n) is 8.32. The Morgan fingerprint density at radius 3 is 2.87 bits per heavy atom. The molecule has 5 rings (SSSR count). The van der Waals surface area contributed by atoms with E-state index in [2.05, 4.69) is 20.9 Å². The van der Waals surface area contributed by atoms with Gasteiger partial charge in [0.25, 0.3) is 11.8 Å². The van der Waals surface area contributed by atoms with Gasteiger partial charge < -0.3 is 16.0 Å². The number of fused-ring (bicyclic) bond motifs is 1. The zero-order chi connectivity index (χ0) is 21.4. The number of hydrogen-bond acceptors (Lipinski definition) is 5. The van der Waals surface area contributed by atoms with Crippen LogP contribution in [0.4, 0.5) is 14.6 Å². The Balaban J connectivity index is 1.33. The molecule has 1 atom stereocenters. The molecule has 3 aromatic rings. The minimum absolute atomic E-state index is 0.304. The normalized spacial score (nSPS) is 20.9. The van der Waals surface area contributed by atoms with Gasteiger partial charge in [-0.1, -0.05) is 6.07 Å². The zero-order valence-electron chi connectivity index (χ0n) is 16.9. The molecule has 1 aliphatic heterocycles. The van der Waals surface area contributed by atoms with Gasteiger partial charge in [0.05, 0.1) is 17.6 Å². The number of carbonyl (C=O) groups is 1. The van der Waals surface area contributed by atoms with Gasteiger partial charge in [0.1, 0.15) is 11.5 Å². The average Bonchev–Trinajstić information content (AvgIpc) is 3.16. The van der Waals surface area contributed by atoms with Crippen molar-refractivity contribution in [1.29, 1.82) is 0 Å². The molecular weight excluding hydrogens is 402 g/mol. The third-order valence-electron chi connectivity index (χ3n) is 5.86. The first-order valence-corrected chi connectivity index (χ1v) is 10.6. The molecule has 3 N–H and O–H groups in total. The fraction of sp³-hybridized carbons (Fsp3) is 0.409. The minimum Gasteiger partial charge on any atom is -0.366 e. The van der Waals surface area contributed by atoms with E-state index in [1.807, 2.05) is 22.6 Å². The van der Waals surface area contributed by atoms with Crippen LogP contribution < -0.4 is 16.0 Å². The van der Waals surface area contributed by atoms with Gasteiger partial charge in [-0.05, 0) is 43.7 Å². The Morgan fingerprint density at radius 2 is 2.10 bits per heavy atom. The Labute approximate surface area is 178 Å². The Hall–Kier alpha value is -3.07. The van der Waals surface area contributed by atoms with Crippen LogP contribution >= 0.6 is 0 Å². The second-order valence-corrected chi connectivity index (χ2v) is 8.32. The molecule has 4 heterocycles. The van der Waals surface area contributed by atoms with Gasteiger partial charge in [-0.15, -0.1) is 0 Å². The summed E-state index contributed by atoms with van der Waals surface area (Å²) in [4.78, 5) is 21.5. The van der Waals surface area contributed by atoms with Crippen molar-refractivity contribution in [2.75, 3.05) is 18.4 Å². The van der Waals surface area contributed by atoms with Gasteiger partial charge in [-0.3, -0.25) is 9.20 Å². The van der Waals surface area contributed by atoms with Crippen LogP contribution in [0.1, 0.15) is 36.0 Å². The van der Waals surface area contributed by atoms with Crippen LogP contribution in [0.15, 0.2) is 42.7 Å². The third kappa shape index (κ3) is 4.23. The molecule has 9 heteroatoms. The highest BCUT2D eigenvalue weighted by molar-refractivity contribution is 5.95. The van der Waals surface area contributed by atoms with Crippen molar-refractivity contribution >= 4 is 17.4 Å². The molecule has 0 aromatic carbocycles. The number of hydrogen-bond donors (Lipinski definition) is 3. The molecular formula is C22H24F2N6O. The first-order chi connectivity index (χ1) is 15.0. The van der Waals surface area contributed by atoms with Crippen LogP contribution in [0.2, 0.25) is 0 Å². The summed E-state index contributed by atoms with van der Waals surface area (Å²) in [5, 5.41) is 9.52. The number of halogens is 2. The SMILES string of the molecule is O=C(NC1CC(F)(F)C1)c1ccn2c(-c3cccc(NC4CCCNC4)n3)cnc2c1. The number of piperidine rings is 1. The van der Waals surface area contributed by atoms with Crippen molar-refractivity contribution in [3.8, 4) is 11.4 Å². The van der Waals surface area contributed by atoms with Crippen LogP contribution in [-0.4, -0.2) is 51.4 Å². The summed E-state index contributed by atoms with van der Waals surface area (Å²) in [6, 6.07) is 9.03. The second kappa shape index (κ2) is 7.88. The molecule has 2 fully saturated rings. The zero-order valence-corrected chi connectivity index (χ0v) is 16.9. The number of amides is 1. The van der Waals surface area contributed by atoms with E-state index in [1.54, 1.807) is 24.5 Å². The van der Waals surface area contributed by atoms with E-state index in [9.17, 15) is 13.6 Å². The molecule has 3 aromatic heterocycles. The molecule has 0 spiro atoms. The molecule has 1 saturated carbocycles. The Kier molecular flexibility index (Phi) is 5.05. The Morgan fingerprint density at radius 1 is 1.23 bits per heavy atom. The number of imidazole rings is 1. The first-order valence-electron chi connectivity index (χ1n) is 10.6. The highest BCUT2D eigenvalue weighted by Gasteiger charge is 2.45. The van der Waals surface area contributed by atoms with E-state index < -0.39 is 12.0 Å². The lowest BCUT2D eigenvalue weighted by Crippen LogP contribution is -2.50. The molecule has 1 aliphatic carbocycles. The van der Waals surface area contributed by atoms with Gasteiger partial charge >= 0.3 is 0 Å². The summed E-state index contributed by atoms with van der Waals surface area (Å²) in [5.41, 5.74) is 2.58. The molecule has 1 unspecified atom stereocenters. The van der Waals surface area contributed by atoms with Crippen LogP contribution in [0.25, 0.3) is 17.0 Å². The number of nitrogens with one attached hydrogen (secondary N) is 3. The largest absolute Gasteiger partial charge is 0.366 e. The lowest BCUT2D eigenvalue weighted by Gasteiger charge is -2.35. The maximum Gasteiger partial charge on any atom is 0.252 e. The summed E-state index contributed by atoms with van der Waals surface area (Å²) in [6.45, 7) is 1.98. The van der Waals surface area contributed by atoms with E-state index in [-0.39, 0.29) is 18.7 Å². The summed E-state index contributed by atoms with van der Waals surface area (Å²) in [7, 11) is 0. The highest BCUT2D eigenvalue weighted by Crippen LogP contribution is 2.37. The predicted octanol–water partition coefficient (Wildman–Crippen LogP) is 3.09. The summed E-state index contributed by atoms with van der Waals surface area (Å²) < 4.78 is 27.9. The Bertz CT molecular complexity index is 1100. The molecule has 0 radical (unpaired) electrons. The van der Waals surface area contributed by atoms with Gasteiger partial charge in [0.15, 0.2) is 0 Å². The van der Waals surface area contributed by atoms with Crippen molar-refractivity contribution < 1.29 is 13.6 Å². The van der Waals surface area contributed by atoms with Gasteiger partial charge in [-0.25, -0.2) is 18.7 Å². The lowest BCUT2D eigenvalue weighted by molar-refractivity contribution is -0.0901. The van der Waals surface area contributed by atoms with Crippen molar-refractivity contribution in [3.05, 3.63) is 48.3 Å². The summed E-state index contributed by atoms with van der Waals surface area (Å²) in [6.07, 6.45) is 5.12. The quantitative estimate of drug-likeness (QED) is 0.584. The van der Waals surface area contributed by atoms with Crippen molar-refractivity contribution in [2.24, 2.45) is 0 Å². The fourth-order valence-electron chi connectivity index (χ4n) is 4.19. The maximum absolute atomic E-state index is 13.0. The van der Waals surface area contributed by atoms with Crippen LogP contribution in [0.3, 0.4) is 0 Å². The molecule has 31 heavy (non-hydrogen) atoms. The van der Waals surface area contributed by atoms with E-state index in [0.29, 0.717) is 17.3 Å². The molecule has 162 valence electrons. The number of aromatic nitrogens is 3. The predicted molar refractivity (Wildman–Crippen MR) is 113 cm³/mol. The smallest absolute Gasteiger partial charge is 0.252 e.